The van der Waals surface area contributed by atoms with E-state index in [4.69, 9.17) is 0 Å². The molecule has 0 unspecified atom stereocenters. The Balaban J connectivity index is 1.55. The van der Waals surface area contributed by atoms with Crippen LogP contribution in [-0.4, -0.2) is 21.6 Å². The number of aromatic nitrogens is 2. The van der Waals surface area contributed by atoms with E-state index >= 15 is 0 Å². The zero-order valence-corrected chi connectivity index (χ0v) is 15.4. The van der Waals surface area contributed by atoms with E-state index in [2.05, 4.69) is 15.7 Å². The fourth-order valence-electron chi connectivity index (χ4n) is 2.76. The van der Waals surface area contributed by atoms with Crippen molar-refractivity contribution in [3.63, 3.8) is 0 Å². The van der Waals surface area contributed by atoms with Gasteiger partial charge in [-0.1, -0.05) is 18.2 Å². The molecule has 3 rings (SSSR count). The Labute approximate surface area is 158 Å². The van der Waals surface area contributed by atoms with Gasteiger partial charge in [-0.05, 0) is 54.8 Å². The molecule has 0 bridgehead atoms. The van der Waals surface area contributed by atoms with Gasteiger partial charge in [0.25, 0.3) is 0 Å². The third kappa shape index (κ3) is 5.04. The molecule has 0 radical (unpaired) electrons. The number of benzene rings is 2. The number of hydrogen-bond donors (Lipinski definition) is 2. The monoisotopic (exact) mass is 362 g/mol. The van der Waals surface area contributed by atoms with Gasteiger partial charge in [-0.3, -0.25) is 9.59 Å². The van der Waals surface area contributed by atoms with Crippen molar-refractivity contribution in [3.8, 4) is 5.69 Å². The summed E-state index contributed by atoms with van der Waals surface area (Å²) < 4.78 is 1.80. The average molecular weight is 362 g/mol. The van der Waals surface area contributed by atoms with Crippen molar-refractivity contribution >= 4 is 23.2 Å². The molecule has 138 valence electrons. The third-order valence-corrected chi connectivity index (χ3v) is 4.12. The SMILES string of the molecule is CC(=O)Nc1ccc(NC(=O)CCc2cnn(-c3ccccc3)c2)cc1C. The van der Waals surface area contributed by atoms with E-state index in [0.29, 0.717) is 18.5 Å². The van der Waals surface area contributed by atoms with E-state index in [1.165, 1.54) is 6.92 Å². The van der Waals surface area contributed by atoms with E-state index in [-0.39, 0.29) is 11.8 Å². The van der Waals surface area contributed by atoms with Crippen molar-refractivity contribution in [1.82, 2.24) is 9.78 Å². The largest absolute Gasteiger partial charge is 0.326 e. The lowest BCUT2D eigenvalue weighted by Crippen LogP contribution is -2.13. The molecular weight excluding hydrogens is 340 g/mol. The summed E-state index contributed by atoms with van der Waals surface area (Å²) in [6.07, 6.45) is 4.70. The summed E-state index contributed by atoms with van der Waals surface area (Å²) in [5.74, 6) is -0.180. The summed E-state index contributed by atoms with van der Waals surface area (Å²) >= 11 is 0. The van der Waals surface area contributed by atoms with Crippen LogP contribution in [0.5, 0.6) is 0 Å². The molecule has 0 aliphatic rings. The van der Waals surface area contributed by atoms with Crippen molar-refractivity contribution in [2.24, 2.45) is 0 Å². The summed E-state index contributed by atoms with van der Waals surface area (Å²) in [4.78, 5) is 23.4. The first-order chi connectivity index (χ1) is 13.0. The quantitative estimate of drug-likeness (QED) is 0.702. The predicted octanol–water partition coefficient (Wildman–Crippen LogP) is 3.71. The first kappa shape index (κ1) is 18.4. The van der Waals surface area contributed by atoms with Gasteiger partial charge in [-0.2, -0.15) is 5.10 Å². The zero-order valence-electron chi connectivity index (χ0n) is 15.4. The minimum Gasteiger partial charge on any atom is -0.326 e. The molecule has 27 heavy (non-hydrogen) atoms. The van der Waals surface area contributed by atoms with E-state index in [9.17, 15) is 9.59 Å². The van der Waals surface area contributed by atoms with Crippen LogP contribution < -0.4 is 10.6 Å². The topological polar surface area (TPSA) is 76.0 Å². The summed E-state index contributed by atoms with van der Waals surface area (Å²) in [7, 11) is 0. The Hall–Kier alpha value is -3.41. The molecule has 0 aliphatic heterocycles. The number of rotatable bonds is 6. The van der Waals surface area contributed by atoms with Crippen LogP contribution in [0.15, 0.2) is 60.9 Å². The molecule has 0 aliphatic carbocycles. The first-order valence-electron chi connectivity index (χ1n) is 8.78. The van der Waals surface area contributed by atoms with E-state index in [0.717, 1.165) is 22.5 Å². The van der Waals surface area contributed by atoms with Gasteiger partial charge in [0.05, 0.1) is 11.9 Å². The Morgan fingerprint density at radius 2 is 1.85 bits per heavy atom. The van der Waals surface area contributed by atoms with Crippen LogP contribution in [0.3, 0.4) is 0 Å². The van der Waals surface area contributed by atoms with Crippen LogP contribution in [0.25, 0.3) is 5.69 Å². The van der Waals surface area contributed by atoms with Gasteiger partial charge in [0.1, 0.15) is 0 Å². The molecule has 2 N–H and O–H groups in total. The van der Waals surface area contributed by atoms with Gasteiger partial charge in [0, 0.05) is 30.9 Å². The lowest BCUT2D eigenvalue weighted by atomic mass is 10.1. The number of amides is 2. The standard InChI is InChI=1S/C21H22N4O2/c1-15-12-18(9-10-20(15)23-16(2)26)24-21(27)11-8-17-13-22-25(14-17)19-6-4-3-5-7-19/h3-7,9-10,12-14H,8,11H2,1-2H3,(H,23,26)(H,24,27). The minimum absolute atomic E-state index is 0.0610. The van der Waals surface area contributed by atoms with Gasteiger partial charge in [-0.25, -0.2) is 4.68 Å². The fraction of sp³-hybridized carbons (Fsp3) is 0.190. The predicted molar refractivity (Wildman–Crippen MR) is 106 cm³/mol. The summed E-state index contributed by atoms with van der Waals surface area (Å²) in [6, 6.07) is 15.3. The lowest BCUT2D eigenvalue weighted by Gasteiger charge is -2.10. The van der Waals surface area contributed by atoms with Crippen molar-refractivity contribution < 1.29 is 9.59 Å². The zero-order chi connectivity index (χ0) is 19.2. The number of hydrogen-bond acceptors (Lipinski definition) is 3. The van der Waals surface area contributed by atoms with Crippen LogP contribution in [-0.2, 0) is 16.0 Å². The number of nitrogens with zero attached hydrogens (tertiary/aromatic N) is 2. The maximum Gasteiger partial charge on any atom is 0.224 e. The molecule has 1 heterocycles. The highest BCUT2D eigenvalue weighted by molar-refractivity contribution is 5.93. The summed E-state index contributed by atoms with van der Waals surface area (Å²) in [5, 5.41) is 9.99. The fourth-order valence-corrected chi connectivity index (χ4v) is 2.76. The summed E-state index contributed by atoms with van der Waals surface area (Å²) in [6.45, 7) is 3.36. The van der Waals surface area contributed by atoms with Crippen molar-refractivity contribution in [3.05, 3.63) is 72.1 Å². The van der Waals surface area contributed by atoms with E-state index < -0.39 is 0 Å². The molecule has 0 saturated heterocycles. The number of carbonyl (C=O) groups is 2. The maximum atomic E-state index is 12.2. The number of anilines is 2. The highest BCUT2D eigenvalue weighted by Crippen LogP contribution is 2.20. The number of aryl methyl sites for hydroxylation is 2. The van der Waals surface area contributed by atoms with Gasteiger partial charge in [-0.15, -0.1) is 0 Å². The van der Waals surface area contributed by atoms with Crippen molar-refractivity contribution in [2.75, 3.05) is 10.6 Å². The molecule has 6 heteroatoms. The van der Waals surface area contributed by atoms with E-state index in [1.54, 1.807) is 23.0 Å². The van der Waals surface area contributed by atoms with Gasteiger partial charge in [0.2, 0.25) is 11.8 Å². The molecule has 0 atom stereocenters. The van der Waals surface area contributed by atoms with Gasteiger partial charge in [0.15, 0.2) is 0 Å². The van der Waals surface area contributed by atoms with Crippen LogP contribution in [0.1, 0.15) is 24.5 Å². The minimum atomic E-state index is -0.120. The second kappa shape index (κ2) is 8.31. The van der Waals surface area contributed by atoms with Crippen LogP contribution >= 0.6 is 0 Å². The highest BCUT2D eigenvalue weighted by Gasteiger charge is 2.07. The van der Waals surface area contributed by atoms with Gasteiger partial charge >= 0.3 is 0 Å². The molecule has 0 saturated carbocycles. The first-order valence-corrected chi connectivity index (χ1v) is 8.78. The molecule has 0 spiro atoms. The van der Waals surface area contributed by atoms with Gasteiger partial charge < -0.3 is 10.6 Å². The van der Waals surface area contributed by atoms with Crippen molar-refractivity contribution in [1.29, 1.82) is 0 Å². The molecule has 2 aromatic carbocycles. The normalized spacial score (nSPS) is 10.4. The van der Waals surface area contributed by atoms with Crippen LogP contribution in [0, 0.1) is 6.92 Å². The van der Waals surface area contributed by atoms with Crippen LogP contribution in [0.4, 0.5) is 11.4 Å². The number of carbonyl (C=O) groups excluding carboxylic acids is 2. The Morgan fingerprint density at radius 3 is 2.56 bits per heavy atom. The molecule has 1 aromatic heterocycles. The maximum absolute atomic E-state index is 12.2. The number of para-hydroxylation sites is 1. The molecule has 2 amide bonds. The van der Waals surface area contributed by atoms with E-state index in [1.807, 2.05) is 49.5 Å². The smallest absolute Gasteiger partial charge is 0.224 e. The van der Waals surface area contributed by atoms with Crippen LogP contribution in [0.2, 0.25) is 0 Å². The second-order valence-electron chi connectivity index (χ2n) is 6.39. The van der Waals surface area contributed by atoms with Crippen molar-refractivity contribution in [2.45, 2.75) is 26.7 Å². The molecular formula is C21H22N4O2. The Bertz CT molecular complexity index is 948. The lowest BCUT2D eigenvalue weighted by molar-refractivity contribution is -0.116. The number of nitrogens with one attached hydrogen (secondary N) is 2. The molecule has 3 aromatic rings. The summed E-state index contributed by atoms with van der Waals surface area (Å²) in [5.41, 5.74) is 4.35. The third-order valence-electron chi connectivity index (χ3n) is 4.12. The molecule has 0 fully saturated rings. The Kier molecular flexibility index (Phi) is 5.66. The second-order valence-corrected chi connectivity index (χ2v) is 6.39. The Morgan fingerprint density at radius 1 is 1.07 bits per heavy atom. The highest BCUT2D eigenvalue weighted by atomic mass is 16.2. The average Bonchev–Trinajstić information content (AvgIpc) is 3.12. The molecule has 6 nitrogen and oxygen atoms in total.